The second kappa shape index (κ2) is 7.05. The zero-order valence-corrected chi connectivity index (χ0v) is 15.4. The number of fused-ring (bicyclic) bond motifs is 1. The lowest BCUT2D eigenvalue weighted by molar-refractivity contribution is -0.386. The molecule has 0 N–H and O–H groups in total. The van der Waals surface area contributed by atoms with Crippen LogP contribution in [0.25, 0.3) is 0 Å². The average molecular weight is 376 g/mol. The average Bonchev–Trinajstić information content (AvgIpc) is 2.66. The number of sulfonamides is 1. The maximum atomic E-state index is 13.1. The van der Waals surface area contributed by atoms with Crippen molar-refractivity contribution in [3.8, 4) is 5.75 Å². The second-order valence-corrected chi connectivity index (χ2v) is 8.22. The van der Waals surface area contributed by atoms with Crippen LogP contribution >= 0.6 is 0 Å². The minimum absolute atomic E-state index is 0.0274. The van der Waals surface area contributed by atoms with Crippen molar-refractivity contribution in [1.82, 2.24) is 4.31 Å². The third-order valence-electron chi connectivity index (χ3n) is 4.80. The van der Waals surface area contributed by atoms with Crippen LogP contribution < -0.4 is 4.74 Å². The summed E-state index contributed by atoms with van der Waals surface area (Å²) >= 11 is 0. The molecule has 0 fully saturated rings. The van der Waals surface area contributed by atoms with Gasteiger partial charge >= 0.3 is 5.69 Å². The minimum atomic E-state index is -3.89. The fourth-order valence-electron chi connectivity index (χ4n) is 3.41. The Morgan fingerprint density at radius 2 is 1.96 bits per heavy atom. The van der Waals surface area contributed by atoms with Gasteiger partial charge in [0.05, 0.1) is 16.9 Å². The van der Waals surface area contributed by atoms with Crippen LogP contribution in [0.4, 0.5) is 5.69 Å². The van der Waals surface area contributed by atoms with Crippen LogP contribution in [-0.4, -0.2) is 31.8 Å². The highest BCUT2D eigenvalue weighted by molar-refractivity contribution is 7.89. The number of nitro groups is 1. The van der Waals surface area contributed by atoms with Crippen LogP contribution in [0, 0.1) is 10.1 Å². The van der Waals surface area contributed by atoms with E-state index in [2.05, 4.69) is 0 Å². The molecule has 0 heterocycles. The Morgan fingerprint density at radius 3 is 2.65 bits per heavy atom. The predicted molar refractivity (Wildman–Crippen MR) is 96.7 cm³/mol. The van der Waals surface area contributed by atoms with Crippen LogP contribution in [0.15, 0.2) is 47.4 Å². The maximum Gasteiger partial charge on any atom is 0.312 e. The SMILES string of the molecule is COc1ccc(S(=O)(=O)N(C)C2CCCc3ccccc32)cc1[N+](=O)[O-]. The van der Waals surface area contributed by atoms with Crippen molar-refractivity contribution in [3.05, 3.63) is 63.7 Å². The van der Waals surface area contributed by atoms with Gasteiger partial charge in [0.15, 0.2) is 5.75 Å². The van der Waals surface area contributed by atoms with E-state index in [1.54, 1.807) is 0 Å². The Labute approximate surface area is 152 Å². The Balaban J connectivity index is 2.01. The molecule has 1 unspecified atom stereocenters. The summed E-state index contributed by atoms with van der Waals surface area (Å²) in [5.74, 6) is 0.0274. The highest BCUT2D eigenvalue weighted by atomic mass is 32.2. The van der Waals surface area contributed by atoms with E-state index in [0.29, 0.717) is 6.42 Å². The Kier molecular flexibility index (Phi) is 4.97. The van der Waals surface area contributed by atoms with Crippen LogP contribution in [-0.2, 0) is 16.4 Å². The van der Waals surface area contributed by atoms with Crippen molar-refractivity contribution < 1.29 is 18.1 Å². The monoisotopic (exact) mass is 376 g/mol. The summed E-state index contributed by atoms with van der Waals surface area (Å²) in [4.78, 5) is 10.5. The fraction of sp³-hybridized carbons (Fsp3) is 0.333. The quantitative estimate of drug-likeness (QED) is 0.590. The molecule has 2 aromatic carbocycles. The number of benzene rings is 2. The molecule has 0 bridgehead atoms. The Morgan fingerprint density at radius 1 is 1.23 bits per heavy atom. The van der Waals surface area contributed by atoms with Crippen LogP contribution in [0.3, 0.4) is 0 Å². The van der Waals surface area contributed by atoms with E-state index in [4.69, 9.17) is 4.74 Å². The summed E-state index contributed by atoms with van der Waals surface area (Å²) < 4.78 is 32.4. The normalized spacial score (nSPS) is 17.0. The molecular formula is C18H20N2O5S. The first kappa shape index (κ1) is 18.3. The lowest BCUT2D eigenvalue weighted by atomic mass is 9.88. The van der Waals surface area contributed by atoms with Crippen molar-refractivity contribution in [2.24, 2.45) is 0 Å². The minimum Gasteiger partial charge on any atom is -0.490 e. The molecule has 138 valence electrons. The van der Waals surface area contributed by atoms with Crippen molar-refractivity contribution >= 4 is 15.7 Å². The molecule has 0 aliphatic heterocycles. The molecule has 0 amide bonds. The molecule has 0 saturated carbocycles. The first-order valence-electron chi connectivity index (χ1n) is 8.24. The van der Waals surface area contributed by atoms with Gasteiger partial charge in [-0.3, -0.25) is 10.1 Å². The number of methoxy groups -OCH3 is 1. The molecular weight excluding hydrogens is 356 g/mol. The molecule has 26 heavy (non-hydrogen) atoms. The van der Waals surface area contributed by atoms with Gasteiger partial charge in [0.1, 0.15) is 0 Å². The summed E-state index contributed by atoms with van der Waals surface area (Å²) in [6.45, 7) is 0. The number of hydrogen-bond acceptors (Lipinski definition) is 5. The molecule has 0 spiro atoms. The maximum absolute atomic E-state index is 13.1. The zero-order valence-electron chi connectivity index (χ0n) is 14.6. The molecule has 1 atom stereocenters. The largest absolute Gasteiger partial charge is 0.490 e. The van der Waals surface area contributed by atoms with Gasteiger partial charge < -0.3 is 4.74 Å². The predicted octanol–water partition coefficient (Wildman–Crippen LogP) is 3.30. The number of aryl methyl sites for hydroxylation is 1. The molecule has 7 nitrogen and oxygen atoms in total. The highest BCUT2D eigenvalue weighted by Crippen LogP contribution is 2.37. The molecule has 0 radical (unpaired) electrons. The van der Waals surface area contributed by atoms with Gasteiger partial charge in [-0.15, -0.1) is 0 Å². The summed E-state index contributed by atoms with van der Waals surface area (Å²) in [6, 6.07) is 11.2. The van der Waals surface area contributed by atoms with E-state index in [1.807, 2.05) is 24.3 Å². The van der Waals surface area contributed by atoms with Crippen LogP contribution in [0.2, 0.25) is 0 Å². The number of nitro benzene ring substituents is 1. The molecule has 1 aliphatic rings. The molecule has 3 rings (SSSR count). The summed E-state index contributed by atoms with van der Waals surface area (Å²) in [5, 5.41) is 11.2. The van der Waals surface area contributed by atoms with Gasteiger partial charge in [0.2, 0.25) is 10.0 Å². The van der Waals surface area contributed by atoms with Gasteiger partial charge in [-0.2, -0.15) is 4.31 Å². The zero-order chi connectivity index (χ0) is 18.9. The van der Waals surface area contributed by atoms with Crippen LogP contribution in [0.5, 0.6) is 5.75 Å². The molecule has 0 aromatic heterocycles. The third kappa shape index (κ3) is 3.17. The topological polar surface area (TPSA) is 89.8 Å². The standard InChI is InChI=1S/C18H20N2O5S/c1-19(16-9-5-7-13-6-3-4-8-15(13)16)26(23,24)14-10-11-18(25-2)17(12-14)20(21)22/h3-4,6,8,10-12,16H,5,7,9H2,1-2H3. The van der Waals surface area contributed by atoms with Gasteiger partial charge in [0, 0.05) is 19.2 Å². The highest BCUT2D eigenvalue weighted by Gasteiger charge is 2.33. The van der Waals surface area contributed by atoms with Crippen molar-refractivity contribution in [2.45, 2.75) is 30.2 Å². The molecule has 0 saturated heterocycles. The third-order valence-corrected chi connectivity index (χ3v) is 6.66. The van der Waals surface area contributed by atoms with Gasteiger partial charge in [-0.05, 0) is 42.5 Å². The van der Waals surface area contributed by atoms with Crippen molar-refractivity contribution in [2.75, 3.05) is 14.2 Å². The number of hydrogen-bond donors (Lipinski definition) is 0. The summed E-state index contributed by atoms with van der Waals surface area (Å²) in [7, 11) is -1.06. The number of nitrogens with zero attached hydrogens (tertiary/aromatic N) is 2. The second-order valence-electron chi connectivity index (χ2n) is 6.22. The van der Waals surface area contributed by atoms with E-state index in [9.17, 15) is 18.5 Å². The lowest BCUT2D eigenvalue weighted by Crippen LogP contribution is -2.33. The molecule has 8 heteroatoms. The van der Waals surface area contributed by atoms with E-state index in [1.165, 1.54) is 30.6 Å². The summed E-state index contributed by atoms with van der Waals surface area (Å²) in [6.07, 6.45) is 2.53. The van der Waals surface area contributed by atoms with Crippen molar-refractivity contribution in [1.29, 1.82) is 0 Å². The van der Waals surface area contributed by atoms with E-state index >= 15 is 0 Å². The number of ether oxygens (including phenoxy) is 1. The first-order chi connectivity index (χ1) is 12.4. The van der Waals surface area contributed by atoms with E-state index in [0.717, 1.165) is 30.0 Å². The molecule has 1 aliphatic carbocycles. The van der Waals surface area contributed by atoms with E-state index < -0.39 is 14.9 Å². The first-order valence-corrected chi connectivity index (χ1v) is 9.68. The van der Waals surface area contributed by atoms with Gasteiger partial charge in [0.25, 0.3) is 0 Å². The van der Waals surface area contributed by atoms with Gasteiger partial charge in [-0.25, -0.2) is 8.42 Å². The van der Waals surface area contributed by atoms with E-state index in [-0.39, 0.29) is 22.4 Å². The lowest BCUT2D eigenvalue weighted by Gasteiger charge is -2.32. The number of rotatable bonds is 5. The Hall–Kier alpha value is -2.45. The summed E-state index contributed by atoms with van der Waals surface area (Å²) in [5.41, 5.74) is 1.77. The molecule has 2 aromatic rings. The smallest absolute Gasteiger partial charge is 0.312 e. The van der Waals surface area contributed by atoms with Gasteiger partial charge in [-0.1, -0.05) is 24.3 Å². The fourth-order valence-corrected chi connectivity index (χ4v) is 4.80. The Bertz CT molecular complexity index is 942. The van der Waals surface area contributed by atoms with Crippen molar-refractivity contribution in [3.63, 3.8) is 0 Å². The van der Waals surface area contributed by atoms with Crippen LogP contribution in [0.1, 0.15) is 30.0 Å².